The maximum absolute atomic E-state index is 12.4. The largest absolute Gasteiger partial charge is 0.338 e. The Hall–Kier alpha value is -2.38. The number of nitrogens with zero attached hydrogens (tertiary/aromatic N) is 3. The average molecular weight is 383 g/mol. The van der Waals surface area contributed by atoms with Crippen LogP contribution in [0.2, 0.25) is 0 Å². The number of carbonyl (C=O) groups excluding carboxylic acids is 1. The fourth-order valence-electron chi connectivity index (χ4n) is 2.69. The van der Waals surface area contributed by atoms with Crippen LogP contribution < -0.4 is 0 Å². The monoisotopic (exact) mass is 382 g/mol. The Labute approximate surface area is 159 Å². The maximum Gasteiger partial charge on any atom is 0.233 e. The molecule has 0 atom stereocenters. The van der Waals surface area contributed by atoms with Gasteiger partial charge in [-0.15, -0.1) is 11.3 Å². The molecule has 0 aliphatic rings. The number of imidazole rings is 1. The van der Waals surface area contributed by atoms with Crippen LogP contribution in [-0.4, -0.2) is 38.6 Å². The second-order valence-corrected chi connectivity index (χ2v) is 8.26. The minimum Gasteiger partial charge on any atom is -0.338 e. The standard InChI is InChI=1S/C19H18N4OS2/c1-12-7-8-13-15(9-12)22-19(21-13)25-11-18(24)23(2)10-17-20-14-5-3-4-6-16(14)26-17/h3-9H,10-11H2,1-2H3,(H,21,22). The van der Waals surface area contributed by atoms with E-state index in [1.54, 1.807) is 16.2 Å². The van der Waals surface area contributed by atoms with Crippen LogP contribution in [0, 0.1) is 6.92 Å². The number of aromatic nitrogens is 3. The summed E-state index contributed by atoms with van der Waals surface area (Å²) in [7, 11) is 1.82. The van der Waals surface area contributed by atoms with E-state index >= 15 is 0 Å². The molecular weight excluding hydrogens is 364 g/mol. The Morgan fingerprint density at radius 1 is 1.19 bits per heavy atom. The first-order valence-electron chi connectivity index (χ1n) is 8.26. The van der Waals surface area contributed by atoms with Crippen molar-refractivity contribution in [2.75, 3.05) is 12.8 Å². The van der Waals surface area contributed by atoms with Crippen molar-refractivity contribution in [3.05, 3.63) is 53.0 Å². The molecule has 1 amide bonds. The van der Waals surface area contributed by atoms with Gasteiger partial charge in [-0.3, -0.25) is 4.79 Å². The minimum atomic E-state index is 0.0610. The maximum atomic E-state index is 12.4. The van der Waals surface area contributed by atoms with Crippen molar-refractivity contribution >= 4 is 50.3 Å². The third-order valence-corrected chi connectivity index (χ3v) is 5.96. The van der Waals surface area contributed by atoms with Gasteiger partial charge in [0.25, 0.3) is 0 Å². The molecule has 2 aromatic carbocycles. The summed E-state index contributed by atoms with van der Waals surface area (Å²) >= 11 is 3.06. The number of nitrogens with one attached hydrogen (secondary N) is 1. The van der Waals surface area contributed by atoms with E-state index in [2.05, 4.69) is 27.1 Å². The van der Waals surface area contributed by atoms with Crippen molar-refractivity contribution in [2.24, 2.45) is 0 Å². The average Bonchev–Trinajstić information content (AvgIpc) is 3.21. The van der Waals surface area contributed by atoms with Gasteiger partial charge >= 0.3 is 0 Å². The van der Waals surface area contributed by atoms with Gasteiger partial charge in [-0.2, -0.15) is 0 Å². The third-order valence-electron chi connectivity index (χ3n) is 4.08. The molecule has 0 radical (unpaired) electrons. The molecule has 0 saturated heterocycles. The van der Waals surface area contributed by atoms with Crippen LogP contribution in [0.1, 0.15) is 10.6 Å². The van der Waals surface area contributed by atoms with Gasteiger partial charge < -0.3 is 9.88 Å². The summed E-state index contributed by atoms with van der Waals surface area (Å²) in [5.41, 5.74) is 4.10. The molecule has 26 heavy (non-hydrogen) atoms. The highest BCUT2D eigenvalue weighted by Gasteiger charge is 2.14. The van der Waals surface area contributed by atoms with Crippen LogP contribution in [0.25, 0.3) is 21.3 Å². The molecule has 2 heterocycles. The number of fused-ring (bicyclic) bond motifs is 2. The molecule has 4 aromatic rings. The number of aryl methyl sites for hydroxylation is 1. The van der Waals surface area contributed by atoms with Gasteiger partial charge in [0.15, 0.2) is 5.16 Å². The first-order chi connectivity index (χ1) is 12.6. The van der Waals surface area contributed by atoms with Crippen molar-refractivity contribution in [1.29, 1.82) is 0 Å². The van der Waals surface area contributed by atoms with E-state index < -0.39 is 0 Å². The number of carbonyl (C=O) groups is 1. The van der Waals surface area contributed by atoms with E-state index in [9.17, 15) is 4.79 Å². The van der Waals surface area contributed by atoms with Crippen LogP contribution in [0.4, 0.5) is 0 Å². The lowest BCUT2D eigenvalue weighted by molar-refractivity contribution is -0.127. The Morgan fingerprint density at radius 2 is 2.04 bits per heavy atom. The highest BCUT2D eigenvalue weighted by molar-refractivity contribution is 7.99. The molecule has 0 unspecified atom stereocenters. The van der Waals surface area contributed by atoms with Crippen molar-refractivity contribution in [1.82, 2.24) is 19.9 Å². The van der Waals surface area contributed by atoms with Crippen LogP contribution in [-0.2, 0) is 11.3 Å². The van der Waals surface area contributed by atoms with E-state index in [1.807, 2.05) is 44.3 Å². The van der Waals surface area contributed by atoms with Crippen LogP contribution in [0.5, 0.6) is 0 Å². The number of rotatable bonds is 5. The number of hydrogen-bond donors (Lipinski definition) is 1. The van der Waals surface area contributed by atoms with Gasteiger partial charge in [-0.1, -0.05) is 30.0 Å². The molecule has 0 spiro atoms. The molecule has 132 valence electrons. The molecule has 4 rings (SSSR count). The number of benzene rings is 2. The lowest BCUT2D eigenvalue weighted by atomic mass is 10.2. The first kappa shape index (κ1) is 17.1. The SMILES string of the molecule is Cc1ccc2nc(SCC(=O)N(C)Cc3nc4ccccc4s3)[nH]c2c1. The predicted molar refractivity (Wildman–Crippen MR) is 108 cm³/mol. The number of H-pyrrole nitrogens is 1. The number of thioether (sulfide) groups is 1. The topological polar surface area (TPSA) is 61.9 Å². The molecule has 0 saturated carbocycles. The normalized spacial score (nSPS) is 11.3. The zero-order valence-electron chi connectivity index (χ0n) is 14.5. The fourth-order valence-corrected chi connectivity index (χ4v) is 4.53. The van der Waals surface area contributed by atoms with Gasteiger partial charge in [-0.05, 0) is 36.8 Å². The third kappa shape index (κ3) is 3.59. The second-order valence-electron chi connectivity index (χ2n) is 6.18. The number of aromatic amines is 1. The summed E-state index contributed by atoms with van der Waals surface area (Å²) in [6.07, 6.45) is 0. The first-order valence-corrected chi connectivity index (χ1v) is 10.1. The quantitative estimate of drug-likeness (QED) is 0.525. The number of amides is 1. The molecule has 0 aliphatic carbocycles. The Kier molecular flexibility index (Phi) is 4.65. The summed E-state index contributed by atoms with van der Waals surface area (Å²) in [5.74, 6) is 0.408. The summed E-state index contributed by atoms with van der Waals surface area (Å²) in [6.45, 7) is 2.58. The van der Waals surface area contributed by atoms with Crippen molar-refractivity contribution in [2.45, 2.75) is 18.6 Å². The Balaban J connectivity index is 1.38. The van der Waals surface area contributed by atoms with Gasteiger partial charge in [0, 0.05) is 7.05 Å². The van der Waals surface area contributed by atoms with Crippen molar-refractivity contribution in [3.63, 3.8) is 0 Å². The number of para-hydroxylation sites is 1. The van der Waals surface area contributed by atoms with Crippen LogP contribution in [0.3, 0.4) is 0 Å². The smallest absolute Gasteiger partial charge is 0.233 e. The highest BCUT2D eigenvalue weighted by Crippen LogP contribution is 2.23. The predicted octanol–water partition coefficient (Wildman–Crippen LogP) is 4.23. The van der Waals surface area contributed by atoms with Gasteiger partial charge in [0.1, 0.15) is 5.01 Å². The molecule has 0 bridgehead atoms. The molecule has 7 heteroatoms. The lowest BCUT2D eigenvalue weighted by Gasteiger charge is -2.14. The van der Waals surface area contributed by atoms with Crippen molar-refractivity contribution < 1.29 is 4.79 Å². The summed E-state index contributed by atoms with van der Waals surface area (Å²) in [4.78, 5) is 26.5. The number of thiazole rings is 1. The molecule has 5 nitrogen and oxygen atoms in total. The second kappa shape index (κ2) is 7.09. The summed E-state index contributed by atoms with van der Waals surface area (Å²) < 4.78 is 1.15. The minimum absolute atomic E-state index is 0.0610. The zero-order valence-corrected chi connectivity index (χ0v) is 16.2. The molecule has 0 aliphatic heterocycles. The van der Waals surface area contributed by atoms with Gasteiger partial charge in [0.05, 0.1) is 33.5 Å². The van der Waals surface area contributed by atoms with E-state index in [1.165, 1.54) is 17.3 Å². The summed E-state index contributed by atoms with van der Waals surface area (Å²) in [6, 6.07) is 14.1. The highest BCUT2D eigenvalue weighted by atomic mass is 32.2. The van der Waals surface area contributed by atoms with E-state index in [-0.39, 0.29) is 5.91 Å². The molecule has 2 aromatic heterocycles. The summed E-state index contributed by atoms with van der Waals surface area (Å²) in [5, 5.41) is 1.72. The fraction of sp³-hybridized carbons (Fsp3) is 0.211. The number of hydrogen-bond acceptors (Lipinski definition) is 5. The Morgan fingerprint density at radius 3 is 2.88 bits per heavy atom. The van der Waals surface area contributed by atoms with Gasteiger partial charge in [0.2, 0.25) is 5.91 Å². The van der Waals surface area contributed by atoms with Crippen molar-refractivity contribution in [3.8, 4) is 0 Å². The molecule has 1 N–H and O–H groups in total. The van der Waals surface area contributed by atoms with E-state index in [4.69, 9.17) is 0 Å². The molecular formula is C19H18N4OS2. The Bertz CT molecular complexity index is 1050. The van der Waals surface area contributed by atoms with E-state index in [0.717, 1.165) is 31.4 Å². The lowest BCUT2D eigenvalue weighted by Crippen LogP contribution is -2.27. The van der Waals surface area contributed by atoms with Gasteiger partial charge in [-0.25, -0.2) is 9.97 Å². The van der Waals surface area contributed by atoms with Crippen LogP contribution >= 0.6 is 23.1 Å². The van der Waals surface area contributed by atoms with Crippen LogP contribution in [0.15, 0.2) is 47.6 Å². The zero-order chi connectivity index (χ0) is 18.1. The van der Waals surface area contributed by atoms with E-state index in [0.29, 0.717) is 12.3 Å². The molecule has 0 fully saturated rings.